The second kappa shape index (κ2) is 8.49. The van der Waals surface area contributed by atoms with Gasteiger partial charge in [0.2, 0.25) is 17.7 Å². The first-order chi connectivity index (χ1) is 14.5. The lowest BCUT2D eigenvalue weighted by molar-refractivity contribution is -0.117. The number of para-hydroxylation sites is 1. The maximum Gasteiger partial charge on any atom is 0.322 e. The molecule has 1 aliphatic heterocycles. The van der Waals surface area contributed by atoms with Crippen molar-refractivity contribution in [2.75, 3.05) is 16.8 Å². The minimum Gasteiger partial charge on any atom is -0.407 e. The van der Waals surface area contributed by atoms with Crippen LogP contribution >= 0.6 is 0 Å². The first kappa shape index (κ1) is 19.8. The number of carbonyl (C=O) groups excluding carboxylic acids is 2. The quantitative estimate of drug-likeness (QED) is 0.673. The monoisotopic (exact) mass is 404 g/mol. The van der Waals surface area contributed by atoms with E-state index in [-0.39, 0.29) is 30.2 Å². The number of rotatable bonds is 6. The molecule has 1 unspecified atom stereocenters. The molecular weight excluding hydrogens is 380 g/mol. The zero-order chi connectivity index (χ0) is 21.1. The molecule has 30 heavy (non-hydrogen) atoms. The van der Waals surface area contributed by atoms with E-state index in [0.29, 0.717) is 24.8 Å². The van der Waals surface area contributed by atoms with E-state index in [1.54, 1.807) is 4.90 Å². The molecule has 7 nitrogen and oxygen atoms in total. The molecule has 2 aromatic carbocycles. The summed E-state index contributed by atoms with van der Waals surface area (Å²) in [4.78, 5) is 26.4. The van der Waals surface area contributed by atoms with Crippen molar-refractivity contribution in [3.8, 4) is 0 Å². The van der Waals surface area contributed by atoms with Crippen LogP contribution in [0.4, 0.5) is 11.7 Å². The molecule has 1 aromatic heterocycles. The van der Waals surface area contributed by atoms with Gasteiger partial charge in [-0.15, -0.1) is 5.10 Å². The molecule has 0 radical (unpaired) electrons. The summed E-state index contributed by atoms with van der Waals surface area (Å²) >= 11 is 0. The molecule has 4 rings (SSSR count). The molecule has 2 amide bonds. The van der Waals surface area contributed by atoms with Crippen LogP contribution in [0.15, 0.2) is 59.0 Å². The van der Waals surface area contributed by atoms with Gasteiger partial charge in [-0.05, 0) is 29.2 Å². The van der Waals surface area contributed by atoms with Crippen molar-refractivity contribution < 1.29 is 14.0 Å². The predicted octanol–water partition coefficient (Wildman–Crippen LogP) is 3.89. The number of amides is 2. The van der Waals surface area contributed by atoms with Crippen LogP contribution in [-0.2, 0) is 16.0 Å². The minimum atomic E-state index is -0.226. The molecule has 2 heterocycles. The summed E-state index contributed by atoms with van der Waals surface area (Å²) in [7, 11) is 0. The van der Waals surface area contributed by atoms with Gasteiger partial charge < -0.3 is 9.32 Å². The predicted molar refractivity (Wildman–Crippen MR) is 113 cm³/mol. The van der Waals surface area contributed by atoms with E-state index in [1.165, 1.54) is 5.56 Å². The number of nitrogens with one attached hydrogen (secondary N) is 1. The fraction of sp³-hybridized carbons (Fsp3) is 0.304. The molecule has 154 valence electrons. The van der Waals surface area contributed by atoms with Crippen LogP contribution in [0.1, 0.15) is 49.1 Å². The molecule has 0 saturated carbocycles. The van der Waals surface area contributed by atoms with Crippen LogP contribution < -0.4 is 10.2 Å². The minimum absolute atomic E-state index is 0.0137. The SMILES string of the molecule is CC(C)c1ccc(CC(=O)Nc2nnc(C3CC(=O)N(c4ccccc4)C3)o2)cc1. The summed E-state index contributed by atoms with van der Waals surface area (Å²) in [5, 5.41) is 10.6. The zero-order valence-electron chi connectivity index (χ0n) is 17.0. The molecule has 7 heteroatoms. The van der Waals surface area contributed by atoms with Gasteiger partial charge in [0.05, 0.1) is 12.3 Å². The van der Waals surface area contributed by atoms with E-state index in [9.17, 15) is 9.59 Å². The first-order valence-electron chi connectivity index (χ1n) is 10.1. The smallest absolute Gasteiger partial charge is 0.322 e. The zero-order valence-corrected chi connectivity index (χ0v) is 17.0. The Bertz CT molecular complexity index is 1030. The number of benzene rings is 2. The van der Waals surface area contributed by atoms with Gasteiger partial charge in [-0.2, -0.15) is 0 Å². The van der Waals surface area contributed by atoms with Gasteiger partial charge in [0.15, 0.2) is 0 Å². The largest absolute Gasteiger partial charge is 0.407 e. The van der Waals surface area contributed by atoms with Crippen LogP contribution in [0.25, 0.3) is 0 Å². The molecule has 1 N–H and O–H groups in total. The normalized spacial score (nSPS) is 16.3. The summed E-state index contributed by atoms with van der Waals surface area (Å²) in [5.74, 6) is 0.401. The lowest BCUT2D eigenvalue weighted by atomic mass is 10.0. The summed E-state index contributed by atoms with van der Waals surface area (Å²) < 4.78 is 5.63. The van der Waals surface area contributed by atoms with E-state index in [1.807, 2.05) is 54.6 Å². The third-order valence-electron chi connectivity index (χ3n) is 5.24. The third-order valence-corrected chi connectivity index (χ3v) is 5.24. The van der Waals surface area contributed by atoms with Crippen molar-refractivity contribution >= 4 is 23.5 Å². The van der Waals surface area contributed by atoms with Crippen molar-refractivity contribution in [2.24, 2.45) is 0 Å². The highest BCUT2D eigenvalue weighted by molar-refractivity contribution is 5.96. The van der Waals surface area contributed by atoms with E-state index in [0.717, 1.165) is 11.3 Å². The Morgan fingerprint density at radius 2 is 1.87 bits per heavy atom. The summed E-state index contributed by atoms with van der Waals surface area (Å²) in [5.41, 5.74) is 2.99. The Balaban J connectivity index is 1.36. The summed E-state index contributed by atoms with van der Waals surface area (Å²) in [6.45, 7) is 4.73. The maximum absolute atomic E-state index is 12.4. The van der Waals surface area contributed by atoms with E-state index in [2.05, 4.69) is 29.4 Å². The number of hydrogen-bond donors (Lipinski definition) is 1. The number of aromatic nitrogens is 2. The molecule has 0 spiro atoms. The summed E-state index contributed by atoms with van der Waals surface area (Å²) in [6, 6.07) is 17.5. The van der Waals surface area contributed by atoms with Crippen LogP contribution in [0.5, 0.6) is 0 Å². The molecule has 0 aliphatic carbocycles. The number of carbonyl (C=O) groups is 2. The van der Waals surface area contributed by atoms with Crippen molar-refractivity contribution in [3.05, 3.63) is 71.6 Å². The van der Waals surface area contributed by atoms with Crippen molar-refractivity contribution in [3.63, 3.8) is 0 Å². The Kier molecular flexibility index (Phi) is 5.61. The summed E-state index contributed by atoms with van der Waals surface area (Å²) in [6.07, 6.45) is 0.520. The Labute approximate surface area is 175 Å². The van der Waals surface area contributed by atoms with Gasteiger partial charge in [0.25, 0.3) is 0 Å². The number of anilines is 2. The van der Waals surface area contributed by atoms with Crippen molar-refractivity contribution in [1.82, 2.24) is 10.2 Å². The number of hydrogen-bond acceptors (Lipinski definition) is 5. The Morgan fingerprint density at radius 3 is 2.57 bits per heavy atom. The van der Waals surface area contributed by atoms with Crippen LogP contribution in [0.2, 0.25) is 0 Å². The van der Waals surface area contributed by atoms with Crippen LogP contribution in [-0.4, -0.2) is 28.6 Å². The van der Waals surface area contributed by atoms with Crippen molar-refractivity contribution in [2.45, 2.75) is 38.5 Å². The molecule has 3 aromatic rings. The lowest BCUT2D eigenvalue weighted by Crippen LogP contribution is -2.24. The second-order valence-electron chi connectivity index (χ2n) is 7.81. The molecular formula is C23H24N4O3. The van der Waals surface area contributed by atoms with Gasteiger partial charge >= 0.3 is 6.01 Å². The third kappa shape index (κ3) is 4.40. The van der Waals surface area contributed by atoms with E-state index >= 15 is 0 Å². The van der Waals surface area contributed by atoms with Crippen molar-refractivity contribution in [1.29, 1.82) is 0 Å². The molecule has 1 fully saturated rings. The van der Waals surface area contributed by atoms with E-state index < -0.39 is 0 Å². The lowest BCUT2D eigenvalue weighted by Gasteiger charge is -2.15. The topological polar surface area (TPSA) is 88.3 Å². The van der Waals surface area contributed by atoms with Gasteiger partial charge in [0.1, 0.15) is 0 Å². The van der Waals surface area contributed by atoms with Gasteiger partial charge in [-0.25, -0.2) is 0 Å². The first-order valence-corrected chi connectivity index (χ1v) is 10.1. The Morgan fingerprint density at radius 1 is 1.13 bits per heavy atom. The van der Waals surface area contributed by atoms with E-state index in [4.69, 9.17) is 4.42 Å². The highest BCUT2D eigenvalue weighted by Crippen LogP contribution is 2.31. The second-order valence-corrected chi connectivity index (χ2v) is 7.81. The fourth-order valence-corrected chi connectivity index (χ4v) is 3.55. The van der Waals surface area contributed by atoms with Gasteiger partial charge in [-0.3, -0.25) is 14.9 Å². The molecule has 1 aliphatic rings. The van der Waals surface area contributed by atoms with Gasteiger partial charge in [-0.1, -0.05) is 61.4 Å². The molecule has 1 saturated heterocycles. The number of nitrogens with zero attached hydrogens (tertiary/aromatic N) is 3. The average molecular weight is 404 g/mol. The van der Waals surface area contributed by atoms with Crippen LogP contribution in [0.3, 0.4) is 0 Å². The maximum atomic E-state index is 12.4. The molecule has 1 atom stereocenters. The standard InChI is InChI=1S/C23H24N4O3/c1-15(2)17-10-8-16(9-11-17)12-20(28)24-23-26-25-22(30-23)18-13-21(29)27(14-18)19-6-4-3-5-7-19/h3-11,15,18H,12-14H2,1-2H3,(H,24,26,28). The van der Waals surface area contributed by atoms with Gasteiger partial charge in [0, 0.05) is 18.7 Å². The average Bonchev–Trinajstić information content (AvgIpc) is 3.35. The highest BCUT2D eigenvalue weighted by Gasteiger charge is 2.35. The Hall–Kier alpha value is -3.48. The van der Waals surface area contributed by atoms with Crippen LogP contribution in [0, 0.1) is 0 Å². The fourth-order valence-electron chi connectivity index (χ4n) is 3.55. The highest BCUT2D eigenvalue weighted by atomic mass is 16.4. The molecule has 0 bridgehead atoms.